The van der Waals surface area contributed by atoms with Gasteiger partial charge in [-0.3, -0.25) is 14.6 Å². The van der Waals surface area contributed by atoms with Crippen molar-refractivity contribution < 1.29 is 0 Å². The third-order valence-electron chi connectivity index (χ3n) is 4.86. The molecule has 0 aliphatic carbocycles. The molecule has 1 fully saturated rings. The Balaban J connectivity index is 1.42. The minimum atomic E-state index is -0.0975. The zero-order valence-corrected chi connectivity index (χ0v) is 18.0. The zero-order valence-electron chi connectivity index (χ0n) is 14.8. The van der Waals surface area contributed by atoms with Crippen LogP contribution in [0.25, 0.3) is 10.9 Å². The topological polar surface area (TPSA) is 52.2 Å². The van der Waals surface area contributed by atoms with Gasteiger partial charge in [-0.25, -0.2) is 4.98 Å². The molecular formula is C20H20Br2N4O. The second-order valence-electron chi connectivity index (χ2n) is 6.83. The number of halogens is 2. The molecule has 7 heteroatoms. The maximum atomic E-state index is 12.4. The zero-order chi connectivity index (χ0) is 18.8. The Hall–Kier alpha value is -1.54. The summed E-state index contributed by atoms with van der Waals surface area (Å²) in [5, 5.41) is 0.590. The summed E-state index contributed by atoms with van der Waals surface area (Å²) in [5.74, 6) is 0.715. The highest BCUT2D eigenvalue weighted by atomic mass is 79.9. The van der Waals surface area contributed by atoms with Crippen molar-refractivity contribution in [1.29, 1.82) is 0 Å². The molecule has 1 N–H and O–H groups in total. The van der Waals surface area contributed by atoms with E-state index >= 15 is 0 Å². The minimum absolute atomic E-state index is 0.0975. The number of fused-ring (bicyclic) bond motifs is 1. The number of aromatic nitrogens is 2. The number of hydrogen-bond acceptors (Lipinski definition) is 4. The first kappa shape index (κ1) is 18.8. The monoisotopic (exact) mass is 490 g/mol. The van der Waals surface area contributed by atoms with Crippen LogP contribution < -0.4 is 5.56 Å². The van der Waals surface area contributed by atoms with Crippen LogP contribution in [0.5, 0.6) is 0 Å². The molecule has 1 saturated heterocycles. The molecular weight excluding hydrogens is 472 g/mol. The Morgan fingerprint density at radius 2 is 1.63 bits per heavy atom. The van der Waals surface area contributed by atoms with E-state index < -0.39 is 0 Å². The van der Waals surface area contributed by atoms with Crippen molar-refractivity contribution >= 4 is 42.8 Å². The van der Waals surface area contributed by atoms with Gasteiger partial charge in [-0.15, -0.1) is 0 Å². The van der Waals surface area contributed by atoms with Gasteiger partial charge in [-0.1, -0.05) is 46.3 Å². The molecule has 2 heterocycles. The van der Waals surface area contributed by atoms with E-state index in [1.54, 1.807) is 6.07 Å². The van der Waals surface area contributed by atoms with E-state index in [-0.39, 0.29) is 5.56 Å². The number of nitrogens with zero attached hydrogens (tertiary/aromatic N) is 3. The molecule has 0 radical (unpaired) electrons. The molecule has 3 aromatic rings. The maximum Gasteiger partial charge on any atom is 0.258 e. The maximum absolute atomic E-state index is 12.4. The Kier molecular flexibility index (Phi) is 5.73. The molecule has 1 aliphatic rings. The largest absolute Gasteiger partial charge is 0.309 e. The highest BCUT2D eigenvalue weighted by Gasteiger charge is 2.18. The molecule has 140 valence electrons. The first-order valence-electron chi connectivity index (χ1n) is 8.95. The quantitative estimate of drug-likeness (QED) is 0.603. The summed E-state index contributed by atoms with van der Waals surface area (Å²) in [6.07, 6.45) is 0. The predicted molar refractivity (Wildman–Crippen MR) is 115 cm³/mol. The first-order valence-corrected chi connectivity index (χ1v) is 10.5. The predicted octanol–water partition coefficient (Wildman–Crippen LogP) is 3.77. The van der Waals surface area contributed by atoms with E-state index in [4.69, 9.17) is 0 Å². The second kappa shape index (κ2) is 8.22. The van der Waals surface area contributed by atoms with Crippen LogP contribution in [0, 0.1) is 0 Å². The van der Waals surface area contributed by atoms with Crippen LogP contribution in [0.15, 0.2) is 56.2 Å². The van der Waals surface area contributed by atoms with Gasteiger partial charge in [0.05, 0.1) is 17.4 Å². The Morgan fingerprint density at radius 1 is 0.963 bits per heavy atom. The van der Waals surface area contributed by atoms with E-state index in [2.05, 4.69) is 82.0 Å². The molecule has 0 spiro atoms. The number of H-pyrrole nitrogens is 1. The van der Waals surface area contributed by atoms with E-state index in [9.17, 15) is 4.79 Å². The number of rotatable bonds is 4. The van der Waals surface area contributed by atoms with Crippen molar-refractivity contribution in [3.8, 4) is 0 Å². The molecule has 0 atom stereocenters. The fraction of sp³-hybridized carbons (Fsp3) is 0.300. The molecule has 0 unspecified atom stereocenters. The summed E-state index contributed by atoms with van der Waals surface area (Å²) in [5.41, 5.74) is 1.96. The van der Waals surface area contributed by atoms with Crippen LogP contribution in [0.4, 0.5) is 0 Å². The summed E-state index contributed by atoms with van der Waals surface area (Å²) in [6.45, 7) is 5.62. The van der Waals surface area contributed by atoms with Crippen molar-refractivity contribution in [3.05, 3.63) is 73.2 Å². The van der Waals surface area contributed by atoms with Crippen LogP contribution >= 0.6 is 31.9 Å². The SMILES string of the molecule is O=c1[nH]c(CN2CCN(Cc3ccccc3)CC2)nc2c(Br)cc(Br)cc12. The molecule has 2 aromatic carbocycles. The van der Waals surface area contributed by atoms with Gasteiger partial charge in [0.2, 0.25) is 0 Å². The van der Waals surface area contributed by atoms with E-state index in [0.717, 1.165) is 41.7 Å². The van der Waals surface area contributed by atoms with Gasteiger partial charge in [0, 0.05) is 41.7 Å². The van der Waals surface area contributed by atoms with Crippen LogP contribution in [0.2, 0.25) is 0 Å². The standard InChI is InChI=1S/C20H20Br2N4O/c21-15-10-16-19(17(22)11-15)23-18(24-20(16)27)13-26-8-6-25(7-9-26)12-14-4-2-1-3-5-14/h1-5,10-11H,6-9,12-13H2,(H,23,24,27). The first-order chi connectivity index (χ1) is 13.1. The van der Waals surface area contributed by atoms with Crippen molar-refractivity contribution in [2.24, 2.45) is 0 Å². The Morgan fingerprint density at radius 3 is 2.33 bits per heavy atom. The lowest BCUT2D eigenvalue weighted by atomic mass is 10.2. The lowest BCUT2D eigenvalue weighted by molar-refractivity contribution is 0.120. The summed E-state index contributed by atoms with van der Waals surface area (Å²) < 4.78 is 1.68. The molecule has 0 saturated carbocycles. The highest BCUT2D eigenvalue weighted by Crippen LogP contribution is 2.25. The highest BCUT2D eigenvalue weighted by molar-refractivity contribution is 9.11. The van der Waals surface area contributed by atoms with Crippen molar-refractivity contribution in [2.75, 3.05) is 26.2 Å². The van der Waals surface area contributed by atoms with E-state index in [0.29, 0.717) is 23.3 Å². The van der Waals surface area contributed by atoms with Crippen molar-refractivity contribution in [3.63, 3.8) is 0 Å². The minimum Gasteiger partial charge on any atom is -0.309 e. The van der Waals surface area contributed by atoms with Crippen molar-refractivity contribution in [2.45, 2.75) is 13.1 Å². The number of hydrogen-bond donors (Lipinski definition) is 1. The van der Waals surface area contributed by atoms with Gasteiger partial charge in [0.1, 0.15) is 5.82 Å². The molecule has 5 nitrogen and oxygen atoms in total. The van der Waals surface area contributed by atoms with Crippen LogP contribution in [-0.4, -0.2) is 45.9 Å². The fourth-order valence-corrected chi connectivity index (χ4v) is 4.76. The molecule has 0 bridgehead atoms. The lowest BCUT2D eigenvalue weighted by Crippen LogP contribution is -2.45. The fourth-order valence-electron chi connectivity index (χ4n) is 3.45. The number of aromatic amines is 1. The van der Waals surface area contributed by atoms with Gasteiger partial charge < -0.3 is 4.98 Å². The van der Waals surface area contributed by atoms with E-state index in [1.807, 2.05) is 6.07 Å². The van der Waals surface area contributed by atoms with Crippen LogP contribution in [0.1, 0.15) is 11.4 Å². The number of benzene rings is 2. The van der Waals surface area contributed by atoms with Gasteiger partial charge in [0.15, 0.2) is 0 Å². The van der Waals surface area contributed by atoms with Gasteiger partial charge in [-0.05, 0) is 33.6 Å². The van der Waals surface area contributed by atoms with Gasteiger partial charge in [0.25, 0.3) is 5.56 Å². The average Bonchev–Trinajstić information content (AvgIpc) is 2.65. The third kappa shape index (κ3) is 4.48. The summed E-state index contributed by atoms with van der Waals surface area (Å²) in [6, 6.07) is 14.3. The Bertz CT molecular complexity index is 998. The Labute approximate surface area is 174 Å². The molecule has 0 amide bonds. The third-order valence-corrected chi connectivity index (χ3v) is 5.93. The molecule has 27 heavy (non-hydrogen) atoms. The smallest absolute Gasteiger partial charge is 0.258 e. The molecule has 1 aromatic heterocycles. The van der Waals surface area contributed by atoms with Gasteiger partial charge in [-0.2, -0.15) is 0 Å². The molecule has 1 aliphatic heterocycles. The average molecular weight is 492 g/mol. The second-order valence-corrected chi connectivity index (χ2v) is 8.60. The summed E-state index contributed by atoms with van der Waals surface area (Å²) in [7, 11) is 0. The van der Waals surface area contributed by atoms with Crippen molar-refractivity contribution in [1.82, 2.24) is 19.8 Å². The van der Waals surface area contributed by atoms with Gasteiger partial charge >= 0.3 is 0 Å². The summed E-state index contributed by atoms with van der Waals surface area (Å²) in [4.78, 5) is 24.9. The van der Waals surface area contributed by atoms with Crippen LogP contribution in [-0.2, 0) is 13.1 Å². The summed E-state index contributed by atoms with van der Waals surface area (Å²) >= 11 is 6.94. The van der Waals surface area contributed by atoms with E-state index in [1.165, 1.54) is 5.56 Å². The number of nitrogens with one attached hydrogen (secondary N) is 1. The lowest BCUT2D eigenvalue weighted by Gasteiger charge is -2.34. The van der Waals surface area contributed by atoms with Crippen LogP contribution in [0.3, 0.4) is 0 Å². The number of piperazine rings is 1. The molecule has 4 rings (SSSR count). The normalized spacial score (nSPS) is 16.1.